The summed E-state index contributed by atoms with van der Waals surface area (Å²) in [6.45, 7) is 4.05. The van der Waals surface area contributed by atoms with Crippen LogP contribution in [0.4, 0.5) is 4.39 Å². The fraction of sp³-hybridized carbons (Fsp3) is 0.409. The molecule has 6 heteroatoms. The Morgan fingerprint density at radius 1 is 0.964 bits per heavy atom. The monoisotopic (exact) mass is 386 g/mol. The molecular formula is C22H27FN2O3. The van der Waals surface area contributed by atoms with Crippen LogP contribution in [0.15, 0.2) is 42.5 Å². The molecule has 1 fully saturated rings. The zero-order valence-electron chi connectivity index (χ0n) is 16.5. The molecule has 1 aliphatic rings. The van der Waals surface area contributed by atoms with Gasteiger partial charge in [-0.2, -0.15) is 0 Å². The summed E-state index contributed by atoms with van der Waals surface area (Å²) in [6.07, 6.45) is 1.17. The van der Waals surface area contributed by atoms with Gasteiger partial charge in [0.2, 0.25) is 5.91 Å². The Balaban J connectivity index is 1.46. The summed E-state index contributed by atoms with van der Waals surface area (Å²) < 4.78 is 23.9. The first-order chi connectivity index (χ1) is 13.6. The van der Waals surface area contributed by atoms with Gasteiger partial charge in [0.1, 0.15) is 5.82 Å². The van der Waals surface area contributed by atoms with Gasteiger partial charge in [0, 0.05) is 32.7 Å². The molecule has 0 aromatic heterocycles. The number of halogens is 1. The molecular weight excluding hydrogens is 359 g/mol. The number of nitrogens with zero attached hydrogens (tertiary/aromatic N) is 2. The van der Waals surface area contributed by atoms with E-state index < -0.39 is 0 Å². The van der Waals surface area contributed by atoms with E-state index in [2.05, 4.69) is 11.0 Å². The normalized spacial score (nSPS) is 14.8. The van der Waals surface area contributed by atoms with E-state index in [9.17, 15) is 9.18 Å². The third-order valence-electron chi connectivity index (χ3n) is 5.13. The summed E-state index contributed by atoms with van der Waals surface area (Å²) in [4.78, 5) is 16.7. The average Bonchev–Trinajstić information content (AvgIpc) is 2.72. The number of carbonyl (C=O) groups is 1. The fourth-order valence-electron chi connectivity index (χ4n) is 3.48. The van der Waals surface area contributed by atoms with Gasteiger partial charge in [-0.05, 0) is 41.8 Å². The molecule has 1 saturated heterocycles. The van der Waals surface area contributed by atoms with Gasteiger partial charge in [0.25, 0.3) is 0 Å². The Labute approximate surface area is 165 Å². The molecule has 2 aromatic carbocycles. The van der Waals surface area contributed by atoms with Crippen LogP contribution in [0.1, 0.15) is 11.1 Å². The zero-order valence-corrected chi connectivity index (χ0v) is 16.5. The summed E-state index contributed by atoms with van der Waals surface area (Å²) in [6, 6.07) is 12.3. The number of ether oxygens (including phenoxy) is 2. The van der Waals surface area contributed by atoms with Crippen molar-refractivity contribution in [3.05, 3.63) is 59.4 Å². The zero-order chi connectivity index (χ0) is 19.9. The van der Waals surface area contributed by atoms with E-state index in [0.717, 1.165) is 43.1 Å². The molecule has 28 heavy (non-hydrogen) atoms. The molecule has 0 saturated carbocycles. The first kappa shape index (κ1) is 20.1. The highest BCUT2D eigenvalue weighted by Crippen LogP contribution is 2.27. The highest BCUT2D eigenvalue weighted by Gasteiger charge is 2.21. The quantitative estimate of drug-likeness (QED) is 0.734. The molecule has 0 bridgehead atoms. The topological polar surface area (TPSA) is 42.0 Å². The molecule has 0 radical (unpaired) electrons. The van der Waals surface area contributed by atoms with Crippen LogP contribution < -0.4 is 9.47 Å². The van der Waals surface area contributed by atoms with Crippen LogP contribution in [0.3, 0.4) is 0 Å². The van der Waals surface area contributed by atoms with Gasteiger partial charge in [0.05, 0.1) is 20.6 Å². The predicted octanol–water partition coefficient (Wildman–Crippen LogP) is 2.77. The fourth-order valence-corrected chi connectivity index (χ4v) is 3.48. The summed E-state index contributed by atoms with van der Waals surface area (Å²) in [5.41, 5.74) is 1.92. The molecule has 0 unspecified atom stereocenters. The highest BCUT2D eigenvalue weighted by molar-refractivity contribution is 5.78. The van der Waals surface area contributed by atoms with Crippen LogP contribution in [-0.2, 0) is 17.6 Å². The van der Waals surface area contributed by atoms with Crippen molar-refractivity contribution in [3.63, 3.8) is 0 Å². The molecule has 5 nitrogen and oxygen atoms in total. The van der Waals surface area contributed by atoms with E-state index >= 15 is 0 Å². The lowest BCUT2D eigenvalue weighted by Crippen LogP contribution is -2.49. The SMILES string of the molecule is COc1ccc(CCN2CCN(C(=O)Cc3cccc(F)c3)CC2)cc1OC. The number of piperazine rings is 1. The number of amides is 1. The summed E-state index contributed by atoms with van der Waals surface area (Å²) >= 11 is 0. The van der Waals surface area contributed by atoms with Crippen molar-refractivity contribution in [2.75, 3.05) is 46.9 Å². The third-order valence-corrected chi connectivity index (χ3v) is 5.13. The Morgan fingerprint density at radius 3 is 2.39 bits per heavy atom. The molecule has 1 aliphatic heterocycles. The Hall–Kier alpha value is -2.60. The molecule has 0 spiro atoms. The number of hydrogen-bond donors (Lipinski definition) is 0. The van der Waals surface area contributed by atoms with E-state index in [1.54, 1.807) is 26.4 Å². The molecule has 0 N–H and O–H groups in total. The number of rotatable bonds is 7. The second kappa shape index (κ2) is 9.55. The lowest BCUT2D eigenvalue weighted by Gasteiger charge is -2.34. The molecule has 3 rings (SSSR count). The molecule has 0 atom stereocenters. The number of methoxy groups -OCH3 is 2. The van der Waals surface area contributed by atoms with Gasteiger partial charge in [0.15, 0.2) is 11.5 Å². The van der Waals surface area contributed by atoms with Crippen molar-refractivity contribution < 1.29 is 18.7 Å². The largest absolute Gasteiger partial charge is 0.493 e. The molecule has 2 aromatic rings. The minimum absolute atomic E-state index is 0.0603. The second-order valence-corrected chi connectivity index (χ2v) is 6.97. The number of benzene rings is 2. The molecule has 0 aliphatic carbocycles. The van der Waals surface area contributed by atoms with Crippen LogP contribution in [0.2, 0.25) is 0 Å². The lowest BCUT2D eigenvalue weighted by molar-refractivity contribution is -0.132. The van der Waals surface area contributed by atoms with Crippen molar-refractivity contribution in [2.45, 2.75) is 12.8 Å². The van der Waals surface area contributed by atoms with Gasteiger partial charge in [-0.25, -0.2) is 4.39 Å². The molecule has 1 amide bonds. The van der Waals surface area contributed by atoms with Crippen LogP contribution >= 0.6 is 0 Å². The van der Waals surface area contributed by atoms with Gasteiger partial charge in [-0.15, -0.1) is 0 Å². The highest BCUT2D eigenvalue weighted by atomic mass is 19.1. The van der Waals surface area contributed by atoms with E-state index in [1.807, 2.05) is 17.0 Å². The smallest absolute Gasteiger partial charge is 0.227 e. The summed E-state index contributed by atoms with van der Waals surface area (Å²) in [7, 11) is 3.27. The Bertz CT molecular complexity index is 804. The van der Waals surface area contributed by atoms with Crippen molar-refractivity contribution in [1.82, 2.24) is 9.80 Å². The first-order valence-corrected chi connectivity index (χ1v) is 9.54. The number of hydrogen-bond acceptors (Lipinski definition) is 4. The van der Waals surface area contributed by atoms with Crippen LogP contribution in [0.5, 0.6) is 11.5 Å². The minimum atomic E-state index is -0.301. The lowest BCUT2D eigenvalue weighted by atomic mass is 10.1. The maximum Gasteiger partial charge on any atom is 0.227 e. The number of carbonyl (C=O) groups excluding carboxylic acids is 1. The Kier molecular flexibility index (Phi) is 6.87. The van der Waals surface area contributed by atoms with Crippen LogP contribution in [0.25, 0.3) is 0 Å². The second-order valence-electron chi connectivity index (χ2n) is 6.97. The minimum Gasteiger partial charge on any atom is -0.493 e. The van der Waals surface area contributed by atoms with Crippen molar-refractivity contribution in [2.24, 2.45) is 0 Å². The van der Waals surface area contributed by atoms with Gasteiger partial charge in [-0.1, -0.05) is 18.2 Å². The average molecular weight is 386 g/mol. The first-order valence-electron chi connectivity index (χ1n) is 9.54. The standard InChI is InChI=1S/C22H27FN2O3/c1-27-20-7-6-17(15-21(20)28-2)8-9-24-10-12-25(13-11-24)22(26)16-18-4-3-5-19(23)14-18/h3-7,14-15H,8-13,16H2,1-2H3. The molecule has 1 heterocycles. The maximum atomic E-state index is 13.3. The predicted molar refractivity (Wildman–Crippen MR) is 106 cm³/mol. The summed E-state index contributed by atoms with van der Waals surface area (Å²) in [5.74, 6) is 1.24. The van der Waals surface area contributed by atoms with Crippen LogP contribution in [0, 0.1) is 5.82 Å². The molecule has 150 valence electrons. The van der Waals surface area contributed by atoms with Crippen molar-refractivity contribution in [1.29, 1.82) is 0 Å². The van der Waals surface area contributed by atoms with Crippen molar-refractivity contribution >= 4 is 5.91 Å². The van der Waals surface area contributed by atoms with E-state index in [4.69, 9.17) is 9.47 Å². The van der Waals surface area contributed by atoms with Crippen LogP contribution in [-0.4, -0.2) is 62.7 Å². The van der Waals surface area contributed by atoms with Crippen molar-refractivity contribution in [3.8, 4) is 11.5 Å². The summed E-state index contributed by atoms with van der Waals surface area (Å²) in [5, 5.41) is 0. The van der Waals surface area contributed by atoms with E-state index in [-0.39, 0.29) is 18.1 Å². The van der Waals surface area contributed by atoms with Gasteiger partial charge >= 0.3 is 0 Å². The van der Waals surface area contributed by atoms with Gasteiger partial charge < -0.3 is 14.4 Å². The Morgan fingerprint density at radius 2 is 1.71 bits per heavy atom. The third kappa shape index (κ3) is 5.23. The van der Waals surface area contributed by atoms with E-state index in [0.29, 0.717) is 13.1 Å². The maximum absolute atomic E-state index is 13.3. The van der Waals surface area contributed by atoms with E-state index in [1.165, 1.54) is 17.7 Å². The van der Waals surface area contributed by atoms with Gasteiger partial charge in [-0.3, -0.25) is 9.69 Å².